The molecule has 0 aliphatic carbocycles. The summed E-state index contributed by atoms with van der Waals surface area (Å²) < 4.78 is 4.59. The van der Waals surface area contributed by atoms with Crippen LogP contribution in [0, 0.1) is 6.92 Å². The number of nitrogens with zero attached hydrogens (tertiary/aromatic N) is 1. The Morgan fingerprint density at radius 1 is 1.29 bits per heavy atom. The summed E-state index contributed by atoms with van der Waals surface area (Å²) in [6.45, 7) is 5.85. The van der Waals surface area contributed by atoms with Crippen molar-refractivity contribution in [1.29, 1.82) is 0 Å². The molecule has 0 radical (unpaired) electrons. The number of hydrogen-bond acceptors (Lipinski definition) is 3. The van der Waals surface area contributed by atoms with Crippen LogP contribution in [0.5, 0.6) is 0 Å². The SMILES string of the molecule is CC.COC(=O)c1ccc(C)c(N=C(N)N)c1. The zero-order valence-corrected chi connectivity index (χ0v) is 10.7. The van der Waals surface area contributed by atoms with Crippen LogP contribution in [0.4, 0.5) is 5.69 Å². The van der Waals surface area contributed by atoms with Gasteiger partial charge in [-0.25, -0.2) is 9.79 Å². The molecular weight excluding hydrogens is 218 g/mol. The van der Waals surface area contributed by atoms with Gasteiger partial charge in [-0.2, -0.15) is 0 Å². The summed E-state index contributed by atoms with van der Waals surface area (Å²) in [5.74, 6) is -0.456. The highest BCUT2D eigenvalue weighted by molar-refractivity contribution is 5.91. The van der Waals surface area contributed by atoms with E-state index in [1.165, 1.54) is 7.11 Å². The van der Waals surface area contributed by atoms with Crippen molar-refractivity contribution in [2.75, 3.05) is 7.11 Å². The highest BCUT2D eigenvalue weighted by atomic mass is 16.5. The average Bonchev–Trinajstić information content (AvgIpc) is 2.33. The van der Waals surface area contributed by atoms with Crippen molar-refractivity contribution in [1.82, 2.24) is 0 Å². The molecule has 0 saturated carbocycles. The topological polar surface area (TPSA) is 90.7 Å². The fraction of sp³-hybridized carbons (Fsp3) is 0.333. The molecule has 1 aromatic rings. The third-order valence-corrected chi connectivity index (χ3v) is 1.88. The molecule has 0 aliphatic rings. The van der Waals surface area contributed by atoms with E-state index in [0.717, 1.165) is 5.56 Å². The van der Waals surface area contributed by atoms with Gasteiger partial charge in [-0.15, -0.1) is 0 Å². The number of guanidine groups is 1. The Hall–Kier alpha value is -2.04. The Kier molecular flexibility index (Phi) is 6.40. The first-order valence-corrected chi connectivity index (χ1v) is 5.33. The first-order chi connectivity index (χ1) is 8.04. The molecule has 0 atom stereocenters. The molecular formula is C12H19N3O2. The molecule has 1 aromatic carbocycles. The minimum atomic E-state index is -0.415. The van der Waals surface area contributed by atoms with Crippen LogP contribution in [0.15, 0.2) is 23.2 Å². The summed E-state index contributed by atoms with van der Waals surface area (Å²) in [6, 6.07) is 5.00. The van der Waals surface area contributed by atoms with Crippen LogP contribution in [0.3, 0.4) is 0 Å². The van der Waals surface area contributed by atoms with Crippen LogP contribution < -0.4 is 11.5 Å². The lowest BCUT2D eigenvalue weighted by Gasteiger charge is -2.03. The fourth-order valence-electron chi connectivity index (χ4n) is 1.11. The molecule has 0 bridgehead atoms. The smallest absolute Gasteiger partial charge is 0.337 e. The molecule has 0 saturated heterocycles. The van der Waals surface area contributed by atoms with Gasteiger partial charge in [0.1, 0.15) is 0 Å². The summed E-state index contributed by atoms with van der Waals surface area (Å²) in [7, 11) is 1.32. The molecule has 17 heavy (non-hydrogen) atoms. The lowest BCUT2D eigenvalue weighted by atomic mass is 10.1. The molecule has 94 valence electrons. The number of esters is 1. The minimum absolute atomic E-state index is 0.0416. The number of aliphatic imine (C=N–C) groups is 1. The Morgan fingerprint density at radius 3 is 2.35 bits per heavy atom. The summed E-state index contributed by atoms with van der Waals surface area (Å²) in [4.78, 5) is 15.1. The Bertz CT molecular complexity index is 410. The van der Waals surface area contributed by atoms with Crippen molar-refractivity contribution < 1.29 is 9.53 Å². The second kappa shape index (κ2) is 7.27. The second-order valence-corrected chi connectivity index (χ2v) is 3.03. The lowest BCUT2D eigenvalue weighted by Crippen LogP contribution is -2.22. The maximum atomic E-state index is 11.2. The highest BCUT2D eigenvalue weighted by Gasteiger charge is 2.07. The quantitative estimate of drug-likeness (QED) is 0.465. The van der Waals surface area contributed by atoms with Gasteiger partial charge >= 0.3 is 5.97 Å². The zero-order valence-electron chi connectivity index (χ0n) is 10.7. The van der Waals surface area contributed by atoms with E-state index in [1.54, 1.807) is 18.2 Å². The van der Waals surface area contributed by atoms with Gasteiger partial charge in [0, 0.05) is 0 Å². The summed E-state index contributed by atoms with van der Waals surface area (Å²) >= 11 is 0. The predicted octanol–water partition coefficient (Wildman–Crippen LogP) is 1.71. The summed E-state index contributed by atoms with van der Waals surface area (Å²) in [5.41, 5.74) is 12.4. The van der Waals surface area contributed by atoms with E-state index < -0.39 is 5.97 Å². The van der Waals surface area contributed by atoms with E-state index in [0.29, 0.717) is 11.3 Å². The van der Waals surface area contributed by atoms with Gasteiger partial charge in [0.15, 0.2) is 5.96 Å². The largest absolute Gasteiger partial charge is 0.465 e. The van der Waals surface area contributed by atoms with Crippen molar-refractivity contribution >= 4 is 17.6 Å². The number of carbonyl (C=O) groups excluding carboxylic acids is 1. The van der Waals surface area contributed by atoms with Crippen molar-refractivity contribution in [3.63, 3.8) is 0 Å². The summed E-state index contributed by atoms with van der Waals surface area (Å²) in [5, 5.41) is 0. The van der Waals surface area contributed by atoms with E-state index in [2.05, 4.69) is 9.73 Å². The maximum absolute atomic E-state index is 11.2. The van der Waals surface area contributed by atoms with Crippen LogP contribution in [0.25, 0.3) is 0 Å². The molecule has 1 rings (SSSR count). The third-order valence-electron chi connectivity index (χ3n) is 1.88. The summed E-state index contributed by atoms with van der Waals surface area (Å²) in [6.07, 6.45) is 0. The van der Waals surface area contributed by atoms with Crippen LogP contribution >= 0.6 is 0 Å². The van der Waals surface area contributed by atoms with E-state index >= 15 is 0 Å². The monoisotopic (exact) mass is 237 g/mol. The molecule has 4 N–H and O–H groups in total. The number of methoxy groups -OCH3 is 1. The minimum Gasteiger partial charge on any atom is -0.465 e. The molecule has 5 nitrogen and oxygen atoms in total. The number of nitrogens with two attached hydrogens (primary N) is 2. The Balaban J connectivity index is 0.00000121. The Morgan fingerprint density at radius 2 is 1.88 bits per heavy atom. The van der Waals surface area contributed by atoms with Crippen LogP contribution in [0.2, 0.25) is 0 Å². The van der Waals surface area contributed by atoms with Gasteiger partial charge < -0.3 is 16.2 Å². The molecule has 0 amide bonds. The fourth-order valence-corrected chi connectivity index (χ4v) is 1.11. The van der Waals surface area contributed by atoms with Crippen LogP contribution in [-0.4, -0.2) is 19.0 Å². The second-order valence-electron chi connectivity index (χ2n) is 3.03. The van der Waals surface area contributed by atoms with Crippen molar-refractivity contribution in [3.8, 4) is 0 Å². The number of ether oxygens (including phenoxy) is 1. The Labute approximate surface area is 101 Å². The van der Waals surface area contributed by atoms with Crippen LogP contribution in [-0.2, 0) is 4.74 Å². The highest BCUT2D eigenvalue weighted by Crippen LogP contribution is 2.20. The lowest BCUT2D eigenvalue weighted by molar-refractivity contribution is 0.0601. The van der Waals surface area contributed by atoms with Gasteiger partial charge in [-0.3, -0.25) is 0 Å². The van der Waals surface area contributed by atoms with E-state index in [9.17, 15) is 4.79 Å². The number of carbonyl (C=O) groups is 1. The number of hydrogen-bond donors (Lipinski definition) is 2. The van der Waals surface area contributed by atoms with Crippen molar-refractivity contribution in [3.05, 3.63) is 29.3 Å². The molecule has 0 aliphatic heterocycles. The van der Waals surface area contributed by atoms with Crippen LogP contribution in [0.1, 0.15) is 29.8 Å². The average molecular weight is 237 g/mol. The van der Waals surface area contributed by atoms with E-state index in [-0.39, 0.29) is 5.96 Å². The third kappa shape index (κ3) is 4.55. The number of aryl methyl sites for hydroxylation is 1. The van der Waals surface area contributed by atoms with Gasteiger partial charge in [-0.1, -0.05) is 19.9 Å². The molecule has 0 spiro atoms. The maximum Gasteiger partial charge on any atom is 0.337 e. The van der Waals surface area contributed by atoms with Crippen molar-refractivity contribution in [2.45, 2.75) is 20.8 Å². The molecule has 0 heterocycles. The first-order valence-electron chi connectivity index (χ1n) is 5.33. The molecule has 0 unspecified atom stereocenters. The van der Waals surface area contributed by atoms with E-state index in [4.69, 9.17) is 11.5 Å². The molecule has 5 heteroatoms. The number of benzene rings is 1. The molecule has 0 fully saturated rings. The standard InChI is InChI=1S/C10H13N3O2.C2H6/c1-6-3-4-7(9(14)15-2)5-8(6)13-10(11)12;1-2/h3-5H,1-2H3,(H4,11,12,13);1-2H3. The van der Waals surface area contributed by atoms with Gasteiger partial charge in [0.2, 0.25) is 0 Å². The van der Waals surface area contributed by atoms with Gasteiger partial charge in [-0.05, 0) is 24.6 Å². The van der Waals surface area contributed by atoms with Crippen molar-refractivity contribution in [2.24, 2.45) is 16.5 Å². The van der Waals surface area contributed by atoms with E-state index in [1.807, 2.05) is 20.8 Å². The normalized spacial score (nSPS) is 8.71. The van der Waals surface area contributed by atoms with Gasteiger partial charge in [0.25, 0.3) is 0 Å². The first kappa shape index (κ1) is 15.0. The predicted molar refractivity (Wildman–Crippen MR) is 69.3 cm³/mol. The molecule has 0 aromatic heterocycles. The number of rotatable bonds is 2. The van der Waals surface area contributed by atoms with Gasteiger partial charge in [0.05, 0.1) is 18.4 Å². The zero-order chi connectivity index (χ0) is 13.4.